The van der Waals surface area contributed by atoms with Crippen LogP contribution in [0.2, 0.25) is 0 Å². The molecule has 1 amide bonds. The molecule has 2 N–H and O–H groups in total. The molecule has 2 atom stereocenters. The van der Waals surface area contributed by atoms with Crippen molar-refractivity contribution in [2.75, 3.05) is 20.7 Å². The van der Waals surface area contributed by atoms with Crippen LogP contribution in [0.5, 0.6) is 0 Å². The van der Waals surface area contributed by atoms with Crippen molar-refractivity contribution in [2.24, 2.45) is 0 Å². The first-order valence-electron chi connectivity index (χ1n) is 4.19. The Labute approximate surface area is 91.7 Å². The fourth-order valence-electron chi connectivity index (χ4n) is 0.801. The Balaban J connectivity index is 3.82. The third-order valence-corrected chi connectivity index (χ3v) is 2.40. The van der Waals surface area contributed by atoms with Gasteiger partial charge in [-0.15, -0.1) is 0 Å². The quantitative estimate of drug-likeness (QED) is 0.527. The third-order valence-electron chi connectivity index (χ3n) is 1.70. The van der Waals surface area contributed by atoms with Gasteiger partial charge in [-0.3, -0.25) is 9.59 Å². The van der Waals surface area contributed by atoms with E-state index >= 15 is 0 Å². The van der Waals surface area contributed by atoms with Gasteiger partial charge in [0.2, 0.25) is 5.91 Å². The smallest absolute Gasteiger partial charge is 0.320 e. The predicted molar refractivity (Wildman–Crippen MR) is 56.3 cm³/mol. The highest BCUT2D eigenvalue weighted by atomic mass is 79.9. The number of amides is 1. The van der Waals surface area contributed by atoms with Crippen LogP contribution in [0.15, 0.2) is 0 Å². The molecule has 5 nitrogen and oxygen atoms in total. The van der Waals surface area contributed by atoms with Crippen molar-refractivity contribution >= 4 is 27.8 Å². The number of hydrogen-bond donors (Lipinski definition) is 2. The molecule has 0 heterocycles. The predicted octanol–water partition coefficient (Wildman–Crippen LogP) is -0.353. The number of ether oxygens (including phenoxy) is 1. The van der Waals surface area contributed by atoms with Gasteiger partial charge in [-0.05, 0) is 6.92 Å². The lowest BCUT2D eigenvalue weighted by atomic mass is 10.3. The molecule has 0 aromatic rings. The minimum atomic E-state index is -0.431. The van der Waals surface area contributed by atoms with Gasteiger partial charge >= 0.3 is 5.97 Å². The number of carbonyl (C=O) groups is 2. The Bertz CT molecular complexity index is 189. The van der Waals surface area contributed by atoms with Crippen LogP contribution < -0.4 is 10.6 Å². The average Bonchev–Trinajstić information content (AvgIpc) is 2.22. The SMILES string of the molecule is CNC(=O)C(C)NCC(Br)C(=O)OC. The van der Waals surface area contributed by atoms with E-state index < -0.39 is 4.83 Å². The molecule has 0 saturated heterocycles. The van der Waals surface area contributed by atoms with Gasteiger partial charge in [0.25, 0.3) is 0 Å². The number of carbonyl (C=O) groups excluding carboxylic acids is 2. The summed E-state index contributed by atoms with van der Waals surface area (Å²) in [4.78, 5) is 21.6. The normalized spacial score (nSPS) is 14.3. The molecule has 0 aromatic heterocycles. The van der Waals surface area contributed by atoms with Gasteiger partial charge in [0.1, 0.15) is 4.83 Å². The number of rotatable bonds is 5. The zero-order chi connectivity index (χ0) is 11.1. The monoisotopic (exact) mass is 266 g/mol. The van der Waals surface area contributed by atoms with Gasteiger partial charge in [-0.1, -0.05) is 15.9 Å². The minimum Gasteiger partial charge on any atom is -0.468 e. The summed E-state index contributed by atoms with van der Waals surface area (Å²) in [6, 6.07) is -0.329. The largest absolute Gasteiger partial charge is 0.468 e. The number of esters is 1. The van der Waals surface area contributed by atoms with Gasteiger partial charge in [0.15, 0.2) is 0 Å². The molecule has 0 fully saturated rings. The fraction of sp³-hybridized carbons (Fsp3) is 0.750. The topological polar surface area (TPSA) is 67.4 Å². The fourth-order valence-corrected chi connectivity index (χ4v) is 1.17. The van der Waals surface area contributed by atoms with Crippen LogP contribution in [-0.4, -0.2) is 43.4 Å². The highest BCUT2D eigenvalue weighted by Crippen LogP contribution is 2.00. The Kier molecular flexibility index (Phi) is 6.48. The lowest BCUT2D eigenvalue weighted by Crippen LogP contribution is -2.44. The number of halogens is 1. The number of nitrogens with one attached hydrogen (secondary N) is 2. The van der Waals surface area contributed by atoms with Crippen LogP contribution >= 0.6 is 15.9 Å². The first-order valence-corrected chi connectivity index (χ1v) is 5.11. The summed E-state index contributed by atoms with van der Waals surface area (Å²) < 4.78 is 4.50. The van der Waals surface area contributed by atoms with E-state index in [0.717, 1.165) is 0 Å². The third kappa shape index (κ3) is 4.57. The Morgan fingerprint density at radius 1 is 1.50 bits per heavy atom. The maximum absolute atomic E-state index is 11.1. The van der Waals surface area contributed by atoms with E-state index in [-0.39, 0.29) is 17.9 Å². The van der Waals surface area contributed by atoms with Crippen molar-refractivity contribution in [3.8, 4) is 0 Å². The molecule has 6 heteroatoms. The van der Waals surface area contributed by atoms with E-state index in [2.05, 4.69) is 31.3 Å². The Morgan fingerprint density at radius 3 is 2.50 bits per heavy atom. The maximum atomic E-state index is 11.1. The van der Waals surface area contributed by atoms with Crippen LogP contribution in [0.25, 0.3) is 0 Å². The molecule has 0 spiro atoms. The van der Waals surface area contributed by atoms with Gasteiger partial charge < -0.3 is 15.4 Å². The Hall–Kier alpha value is -0.620. The van der Waals surface area contributed by atoms with E-state index in [1.54, 1.807) is 14.0 Å². The van der Waals surface area contributed by atoms with Crippen LogP contribution in [-0.2, 0) is 14.3 Å². The van der Waals surface area contributed by atoms with Crippen molar-refractivity contribution in [1.82, 2.24) is 10.6 Å². The zero-order valence-corrected chi connectivity index (χ0v) is 10.1. The molecule has 0 saturated carbocycles. The minimum absolute atomic E-state index is 0.116. The summed E-state index contributed by atoms with van der Waals surface area (Å²) in [5.74, 6) is -0.476. The molecule has 14 heavy (non-hydrogen) atoms. The van der Waals surface area contributed by atoms with E-state index in [1.807, 2.05) is 0 Å². The van der Waals surface area contributed by atoms with Gasteiger partial charge in [-0.2, -0.15) is 0 Å². The molecule has 0 rings (SSSR count). The van der Waals surface area contributed by atoms with Crippen molar-refractivity contribution < 1.29 is 14.3 Å². The molecule has 82 valence electrons. The summed E-state index contributed by atoms with van der Waals surface area (Å²) in [7, 11) is 2.88. The standard InChI is InChI=1S/C8H15BrN2O3/c1-5(7(12)10-2)11-4-6(9)8(13)14-3/h5-6,11H,4H2,1-3H3,(H,10,12). The summed E-state index contributed by atoms with van der Waals surface area (Å²) >= 11 is 3.13. The van der Waals surface area contributed by atoms with Crippen molar-refractivity contribution in [3.05, 3.63) is 0 Å². The number of hydrogen-bond acceptors (Lipinski definition) is 4. The van der Waals surface area contributed by atoms with Crippen LogP contribution in [0.1, 0.15) is 6.92 Å². The average molecular weight is 267 g/mol. The van der Waals surface area contributed by atoms with E-state index in [4.69, 9.17) is 0 Å². The first-order chi connectivity index (χ1) is 6.52. The van der Waals surface area contributed by atoms with Crippen molar-refractivity contribution in [2.45, 2.75) is 17.8 Å². The molecule has 0 radical (unpaired) electrons. The molecular formula is C8H15BrN2O3. The highest BCUT2D eigenvalue weighted by molar-refractivity contribution is 9.10. The van der Waals surface area contributed by atoms with Crippen LogP contribution in [0, 0.1) is 0 Å². The van der Waals surface area contributed by atoms with E-state index in [1.165, 1.54) is 7.11 Å². The van der Waals surface area contributed by atoms with Crippen molar-refractivity contribution in [3.63, 3.8) is 0 Å². The summed E-state index contributed by atoms with van der Waals surface area (Å²) in [6.45, 7) is 2.07. The van der Waals surface area contributed by atoms with E-state index in [9.17, 15) is 9.59 Å². The van der Waals surface area contributed by atoms with Crippen LogP contribution in [0.3, 0.4) is 0 Å². The summed E-state index contributed by atoms with van der Waals surface area (Å²) in [5.41, 5.74) is 0. The van der Waals surface area contributed by atoms with Crippen LogP contribution in [0.4, 0.5) is 0 Å². The number of likely N-dealkylation sites (N-methyl/N-ethyl adjacent to an activating group) is 1. The second-order valence-corrected chi connectivity index (χ2v) is 3.84. The molecule has 0 aromatic carbocycles. The van der Waals surface area contributed by atoms with Crippen molar-refractivity contribution in [1.29, 1.82) is 0 Å². The Morgan fingerprint density at radius 2 is 2.07 bits per heavy atom. The molecule has 2 unspecified atom stereocenters. The van der Waals surface area contributed by atoms with Gasteiger partial charge in [0, 0.05) is 13.6 Å². The lowest BCUT2D eigenvalue weighted by molar-refractivity contribution is -0.139. The van der Waals surface area contributed by atoms with Gasteiger partial charge in [-0.25, -0.2) is 0 Å². The second-order valence-electron chi connectivity index (χ2n) is 2.73. The summed E-state index contributed by atoms with van der Waals surface area (Å²) in [5, 5.41) is 5.39. The molecule has 0 aliphatic heterocycles. The van der Waals surface area contributed by atoms with E-state index in [0.29, 0.717) is 6.54 Å². The van der Waals surface area contributed by atoms with Gasteiger partial charge in [0.05, 0.1) is 13.2 Å². The first kappa shape index (κ1) is 13.4. The molecule has 0 bridgehead atoms. The lowest BCUT2D eigenvalue weighted by Gasteiger charge is -2.14. The highest BCUT2D eigenvalue weighted by Gasteiger charge is 2.17. The molecule has 0 aliphatic rings. The zero-order valence-electron chi connectivity index (χ0n) is 8.46. The summed E-state index contributed by atoms with van der Waals surface area (Å²) in [6.07, 6.45) is 0. The second kappa shape index (κ2) is 6.78. The number of alkyl halides is 1. The molecular weight excluding hydrogens is 252 g/mol. The molecule has 0 aliphatic carbocycles. The maximum Gasteiger partial charge on any atom is 0.320 e. The number of methoxy groups -OCH3 is 1.